The van der Waals surface area contributed by atoms with Crippen LogP contribution in [0.4, 0.5) is 0 Å². The molecule has 0 saturated carbocycles. The van der Waals surface area contributed by atoms with E-state index in [0.29, 0.717) is 5.78 Å². The van der Waals surface area contributed by atoms with E-state index in [4.69, 9.17) is 5.14 Å². The number of carbonyl (C=O) groups excluding carboxylic acids is 1. The van der Waals surface area contributed by atoms with Crippen LogP contribution in [0.5, 0.6) is 0 Å². The molecule has 1 rings (SSSR count). The predicted molar refractivity (Wildman–Crippen MR) is 40.1 cm³/mol. The van der Waals surface area contributed by atoms with Gasteiger partial charge in [0.05, 0.1) is 17.5 Å². The second-order valence-corrected chi connectivity index (χ2v) is 4.23. The SMILES string of the molecule is N[S+]1CCCC(=O)CC1. The van der Waals surface area contributed by atoms with Crippen LogP contribution in [0.25, 0.3) is 0 Å². The standard InChI is InChI=1S/C6H12NOS/c7-9-4-1-2-6(8)3-5-9/h1-5,7H2/q+1. The topological polar surface area (TPSA) is 43.1 Å². The van der Waals surface area contributed by atoms with E-state index in [0.717, 1.165) is 30.8 Å². The van der Waals surface area contributed by atoms with Crippen LogP contribution in [-0.4, -0.2) is 17.3 Å². The number of rotatable bonds is 0. The smallest absolute Gasteiger partial charge is 0.137 e. The molecule has 0 amide bonds. The number of carbonyl (C=O) groups is 1. The van der Waals surface area contributed by atoms with Crippen LogP contribution in [-0.2, 0) is 15.9 Å². The van der Waals surface area contributed by atoms with Gasteiger partial charge >= 0.3 is 0 Å². The second kappa shape index (κ2) is 3.22. The normalized spacial score (nSPS) is 29.9. The molecule has 1 heterocycles. The van der Waals surface area contributed by atoms with Crippen LogP contribution >= 0.6 is 0 Å². The van der Waals surface area contributed by atoms with Crippen LogP contribution in [0.1, 0.15) is 19.3 Å². The molecule has 1 atom stereocenters. The molecule has 1 aliphatic heterocycles. The molecule has 1 unspecified atom stereocenters. The number of nitrogens with two attached hydrogens (primary N) is 1. The van der Waals surface area contributed by atoms with Gasteiger partial charge in [0.2, 0.25) is 0 Å². The predicted octanol–water partition coefficient (Wildman–Crippen LogP) is 0.231. The summed E-state index contributed by atoms with van der Waals surface area (Å²) in [6.45, 7) is 0. The summed E-state index contributed by atoms with van der Waals surface area (Å²) >= 11 is 0.0509. The van der Waals surface area contributed by atoms with Gasteiger partial charge in [-0.25, -0.2) is 0 Å². The molecule has 3 heteroatoms. The van der Waals surface area contributed by atoms with Crippen LogP contribution < -0.4 is 5.14 Å². The van der Waals surface area contributed by atoms with Gasteiger partial charge in [-0.05, 0) is 0 Å². The average molecular weight is 146 g/mol. The molecule has 1 fully saturated rings. The van der Waals surface area contributed by atoms with Crippen molar-refractivity contribution in [2.45, 2.75) is 19.3 Å². The quantitative estimate of drug-likeness (QED) is 0.497. The summed E-state index contributed by atoms with van der Waals surface area (Å²) in [5.74, 6) is 2.39. The molecular weight excluding hydrogens is 134 g/mol. The highest BCUT2D eigenvalue weighted by Crippen LogP contribution is 2.06. The zero-order valence-corrected chi connectivity index (χ0v) is 6.25. The Morgan fingerprint density at radius 2 is 2.11 bits per heavy atom. The first-order valence-corrected chi connectivity index (χ1v) is 4.85. The van der Waals surface area contributed by atoms with Crippen molar-refractivity contribution in [1.82, 2.24) is 0 Å². The maximum absolute atomic E-state index is 10.8. The summed E-state index contributed by atoms with van der Waals surface area (Å²) in [4.78, 5) is 10.8. The van der Waals surface area contributed by atoms with Crippen molar-refractivity contribution >= 4 is 16.9 Å². The summed E-state index contributed by atoms with van der Waals surface area (Å²) in [6, 6.07) is 0. The number of Topliss-reactive ketones (excluding diaryl/α,β-unsaturated/α-hetero) is 1. The second-order valence-electron chi connectivity index (χ2n) is 2.34. The first-order chi connectivity index (χ1) is 4.29. The zero-order valence-electron chi connectivity index (χ0n) is 5.43. The third kappa shape index (κ3) is 2.37. The highest BCUT2D eigenvalue weighted by atomic mass is 32.2. The Labute approximate surface area is 58.3 Å². The van der Waals surface area contributed by atoms with E-state index in [9.17, 15) is 4.79 Å². The van der Waals surface area contributed by atoms with E-state index in [1.165, 1.54) is 0 Å². The fraction of sp³-hybridized carbons (Fsp3) is 0.833. The molecule has 0 bridgehead atoms. The van der Waals surface area contributed by atoms with Crippen molar-refractivity contribution in [2.75, 3.05) is 11.5 Å². The summed E-state index contributed by atoms with van der Waals surface area (Å²) < 4.78 is 0. The van der Waals surface area contributed by atoms with Crippen LogP contribution in [0.15, 0.2) is 0 Å². The fourth-order valence-corrected chi connectivity index (χ4v) is 2.14. The minimum Gasteiger partial charge on any atom is -0.300 e. The lowest BCUT2D eigenvalue weighted by Gasteiger charge is -1.91. The third-order valence-corrected chi connectivity index (χ3v) is 3.05. The lowest BCUT2D eigenvalue weighted by atomic mass is 10.2. The van der Waals surface area contributed by atoms with Gasteiger partial charge in [0.25, 0.3) is 0 Å². The van der Waals surface area contributed by atoms with Crippen molar-refractivity contribution in [3.8, 4) is 0 Å². The summed E-state index contributed by atoms with van der Waals surface area (Å²) in [6.07, 6.45) is 2.50. The highest BCUT2D eigenvalue weighted by molar-refractivity contribution is 7.94. The third-order valence-electron chi connectivity index (χ3n) is 1.51. The van der Waals surface area contributed by atoms with Gasteiger partial charge in [0, 0.05) is 12.8 Å². The zero-order chi connectivity index (χ0) is 6.69. The van der Waals surface area contributed by atoms with E-state index in [2.05, 4.69) is 0 Å². The molecule has 0 aliphatic carbocycles. The molecule has 0 aromatic carbocycles. The largest absolute Gasteiger partial charge is 0.300 e. The minimum absolute atomic E-state index is 0.0509. The van der Waals surface area contributed by atoms with Crippen molar-refractivity contribution in [1.29, 1.82) is 0 Å². The Morgan fingerprint density at radius 3 is 2.89 bits per heavy atom. The van der Waals surface area contributed by atoms with E-state index < -0.39 is 0 Å². The molecule has 2 N–H and O–H groups in total. The van der Waals surface area contributed by atoms with Crippen molar-refractivity contribution in [3.05, 3.63) is 0 Å². The van der Waals surface area contributed by atoms with Gasteiger partial charge in [-0.3, -0.25) is 4.79 Å². The van der Waals surface area contributed by atoms with E-state index in [1.807, 2.05) is 0 Å². The molecule has 0 aromatic rings. The van der Waals surface area contributed by atoms with Gasteiger partial charge in [-0.2, -0.15) is 5.14 Å². The maximum Gasteiger partial charge on any atom is 0.137 e. The van der Waals surface area contributed by atoms with Gasteiger partial charge in [-0.1, -0.05) is 0 Å². The molecule has 0 aromatic heterocycles. The maximum atomic E-state index is 10.8. The monoisotopic (exact) mass is 146 g/mol. The van der Waals surface area contributed by atoms with Gasteiger partial charge < -0.3 is 0 Å². The Balaban J connectivity index is 2.34. The molecular formula is C6H12NOS+. The Bertz CT molecular complexity index is 116. The van der Waals surface area contributed by atoms with Gasteiger partial charge in [0.15, 0.2) is 0 Å². The molecule has 0 spiro atoms. The van der Waals surface area contributed by atoms with Gasteiger partial charge in [-0.15, -0.1) is 0 Å². The van der Waals surface area contributed by atoms with E-state index in [1.54, 1.807) is 0 Å². The highest BCUT2D eigenvalue weighted by Gasteiger charge is 2.19. The summed E-state index contributed by atoms with van der Waals surface area (Å²) in [7, 11) is 0. The minimum atomic E-state index is 0.0509. The van der Waals surface area contributed by atoms with Crippen molar-refractivity contribution < 1.29 is 4.79 Å². The van der Waals surface area contributed by atoms with Crippen molar-refractivity contribution in [2.24, 2.45) is 5.14 Å². The fourth-order valence-electron chi connectivity index (χ4n) is 0.927. The van der Waals surface area contributed by atoms with E-state index >= 15 is 0 Å². The van der Waals surface area contributed by atoms with Crippen LogP contribution in [0.2, 0.25) is 0 Å². The summed E-state index contributed by atoms with van der Waals surface area (Å²) in [5, 5.41) is 5.67. The molecule has 2 nitrogen and oxygen atoms in total. The Kier molecular flexibility index (Phi) is 2.54. The average Bonchev–Trinajstić information content (AvgIpc) is 1.97. The number of ketones is 1. The number of hydrogen-bond donors (Lipinski definition) is 1. The Hall–Kier alpha value is -0.0200. The Morgan fingerprint density at radius 1 is 1.33 bits per heavy atom. The molecule has 0 radical (unpaired) electrons. The first-order valence-electron chi connectivity index (χ1n) is 3.22. The van der Waals surface area contributed by atoms with Crippen LogP contribution in [0.3, 0.4) is 0 Å². The molecule has 52 valence electrons. The molecule has 1 saturated heterocycles. The lowest BCUT2D eigenvalue weighted by Crippen LogP contribution is -2.20. The van der Waals surface area contributed by atoms with Crippen LogP contribution in [0, 0.1) is 0 Å². The molecule has 1 aliphatic rings. The van der Waals surface area contributed by atoms with E-state index in [-0.39, 0.29) is 11.1 Å². The molecule has 9 heavy (non-hydrogen) atoms. The lowest BCUT2D eigenvalue weighted by molar-refractivity contribution is -0.118. The number of hydrogen-bond acceptors (Lipinski definition) is 2. The van der Waals surface area contributed by atoms with Crippen molar-refractivity contribution in [3.63, 3.8) is 0 Å². The summed E-state index contributed by atoms with van der Waals surface area (Å²) in [5.41, 5.74) is 0. The van der Waals surface area contributed by atoms with Gasteiger partial charge in [0.1, 0.15) is 17.3 Å². The first kappa shape index (κ1) is 7.09.